The number of rotatable bonds is 11. The summed E-state index contributed by atoms with van der Waals surface area (Å²) in [6, 6.07) is 11.9. The molecule has 0 radical (unpaired) electrons. The Kier molecular flexibility index (Phi) is 9.11. The normalized spacial score (nSPS) is 12.0. The summed E-state index contributed by atoms with van der Waals surface area (Å²) in [5.41, 5.74) is 4.30. The van der Waals surface area contributed by atoms with E-state index in [9.17, 15) is 4.39 Å². The monoisotopic (exact) mass is 371 g/mol. The number of hydrogen-bond acceptors (Lipinski definition) is 4. The lowest BCUT2D eigenvalue weighted by Gasteiger charge is -2.24. The van der Waals surface area contributed by atoms with Crippen LogP contribution in [-0.2, 0) is 11.3 Å². The van der Waals surface area contributed by atoms with Gasteiger partial charge in [-0.15, -0.1) is 0 Å². The van der Waals surface area contributed by atoms with Gasteiger partial charge in [-0.1, -0.05) is 36.4 Å². The van der Waals surface area contributed by atoms with Gasteiger partial charge >= 0.3 is 0 Å². The van der Waals surface area contributed by atoms with E-state index in [1.54, 1.807) is 12.1 Å². The zero-order chi connectivity index (χ0) is 19.5. The second-order valence-electron chi connectivity index (χ2n) is 6.51. The minimum absolute atomic E-state index is 0.406. The van der Waals surface area contributed by atoms with Gasteiger partial charge in [0.1, 0.15) is 0 Å². The molecule has 0 saturated carbocycles. The van der Waals surface area contributed by atoms with Crippen molar-refractivity contribution in [1.82, 2.24) is 15.2 Å². The summed E-state index contributed by atoms with van der Waals surface area (Å²) in [6.45, 7) is 8.21. The topological polar surface area (TPSA) is 37.4 Å². The Labute approximate surface area is 162 Å². The number of likely N-dealkylation sites (N-methyl/N-ethyl adjacent to an activating group) is 1. The molecular formula is C22H30FN3O. The number of benzene rings is 1. The SMILES string of the molecule is C/C=C(/CN(CCOCCNC)Cc1cccnc1F)c1ccccc1C. The van der Waals surface area contributed by atoms with E-state index in [1.807, 2.05) is 20.0 Å². The molecule has 1 aromatic carbocycles. The van der Waals surface area contributed by atoms with Crippen molar-refractivity contribution < 1.29 is 9.13 Å². The first-order valence-electron chi connectivity index (χ1n) is 9.41. The molecule has 1 aromatic heterocycles. The van der Waals surface area contributed by atoms with Crippen LogP contribution in [0.3, 0.4) is 0 Å². The van der Waals surface area contributed by atoms with E-state index in [0.29, 0.717) is 25.3 Å². The van der Waals surface area contributed by atoms with Crippen LogP contribution in [0, 0.1) is 12.9 Å². The largest absolute Gasteiger partial charge is 0.379 e. The first kappa shape index (κ1) is 21.2. The van der Waals surface area contributed by atoms with Crippen molar-refractivity contribution in [3.8, 4) is 0 Å². The van der Waals surface area contributed by atoms with E-state index in [2.05, 4.69) is 46.4 Å². The Hall–Kier alpha value is -2.08. The van der Waals surface area contributed by atoms with Crippen molar-refractivity contribution >= 4 is 5.57 Å². The van der Waals surface area contributed by atoms with Gasteiger partial charge in [-0.05, 0) is 43.7 Å². The highest BCUT2D eigenvalue weighted by Crippen LogP contribution is 2.21. The Morgan fingerprint density at radius 1 is 1.22 bits per heavy atom. The van der Waals surface area contributed by atoms with Gasteiger partial charge in [0.15, 0.2) is 0 Å². The Balaban J connectivity index is 2.10. The van der Waals surface area contributed by atoms with Crippen LogP contribution in [0.2, 0.25) is 0 Å². The van der Waals surface area contributed by atoms with E-state index in [4.69, 9.17) is 4.74 Å². The number of nitrogens with one attached hydrogen (secondary N) is 1. The number of ether oxygens (including phenoxy) is 1. The van der Waals surface area contributed by atoms with Gasteiger partial charge in [-0.3, -0.25) is 4.90 Å². The zero-order valence-corrected chi connectivity index (χ0v) is 16.5. The lowest BCUT2D eigenvalue weighted by molar-refractivity contribution is 0.108. The van der Waals surface area contributed by atoms with Gasteiger partial charge < -0.3 is 10.1 Å². The van der Waals surface area contributed by atoms with Gasteiger partial charge in [0.2, 0.25) is 5.95 Å². The standard InChI is InChI=1S/C22H30FN3O/c1-4-19(21-10-6-5-8-18(21)2)16-26(13-15-27-14-12-24-3)17-20-9-7-11-25-22(20)23/h4-11,24H,12-17H2,1-3H3/b19-4-. The fraction of sp³-hybridized carbons (Fsp3) is 0.409. The molecule has 0 fully saturated rings. The summed E-state index contributed by atoms with van der Waals surface area (Å²) in [5, 5.41) is 3.07. The first-order valence-corrected chi connectivity index (χ1v) is 9.41. The maximum Gasteiger partial charge on any atom is 0.217 e. The molecule has 2 aromatic rings. The summed E-state index contributed by atoms with van der Waals surface area (Å²) >= 11 is 0. The lowest BCUT2D eigenvalue weighted by atomic mass is 10.00. The molecule has 4 nitrogen and oxygen atoms in total. The molecule has 1 heterocycles. The van der Waals surface area contributed by atoms with Crippen LogP contribution in [0.15, 0.2) is 48.7 Å². The predicted octanol–water partition coefficient (Wildman–Crippen LogP) is 3.67. The number of nitrogens with zero attached hydrogens (tertiary/aromatic N) is 2. The molecule has 0 atom stereocenters. The van der Waals surface area contributed by atoms with Crippen molar-refractivity contribution in [3.05, 3.63) is 71.3 Å². The highest BCUT2D eigenvalue weighted by atomic mass is 19.1. The van der Waals surface area contributed by atoms with Gasteiger partial charge in [-0.25, -0.2) is 4.98 Å². The number of aromatic nitrogens is 1. The number of pyridine rings is 1. The van der Waals surface area contributed by atoms with E-state index >= 15 is 0 Å². The number of hydrogen-bond donors (Lipinski definition) is 1. The van der Waals surface area contributed by atoms with Crippen molar-refractivity contribution in [3.63, 3.8) is 0 Å². The van der Waals surface area contributed by atoms with Crippen molar-refractivity contribution in [1.29, 1.82) is 0 Å². The minimum atomic E-state index is -0.406. The fourth-order valence-corrected chi connectivity index (χ4v) is 2.97. The second-order valence-corrected chi connectivity index (χ2v) is 6.51. The molecule has 0 amide bonds. The molecule has 2 rings (SSSR count). The van der Waals surface area contributed by atoms with Crippen LogP contribution in [0.1, 0.15) is 23.6 Å². The maximum absolute atomic E-state index is 14.1. The predicted molar refractivity (Wildman–Crippen MR) is 109 cm³/mol. The van der Waals surface area contributed by atoms with Crippen LogP contribution >= 0.6 is 0 Å². The van der Waals surface area contributed by atoms with Gasteiger partial charge in [0.25, 0.3) is 0 Å². The highest BCUT2D eigenvalue weighted by Gasteiger charge is 2.14. The average molecular weight is 372 g/mol. The molecule has 0 saturated heterocycles. The van der Waals surface area contributed by atoms with E-state index in [0.717, 1.165) is 19.6 Å². The van der Waals surface area contributed by atoms with Crippen molar-refractivity contribution in [2.45, 2.75) is 20.4 Å². The quantitative estimate of drug-likeness (QED) is 0.483. The van der Waals surface area contributed by atoms with Crippen LogP contribution < -0.4 is 5.32 Å². The summed E-state index contributed by atoms with van der Waals surface area (Å²) in [4.78, 5) is 5.99. The minimum Gasteiger partial charge on any atom is -0.379 e. The molecular weight excluding hydrogens is 341 g/mol. The van der Waals surface area contributed by atoms with Crippen LogP contribution in [0.25, 0.3) is 5.57 Å². The Bertz CT molecular complexity index is 733. The molecule has 0 aliphatic heterocycles. The molecule has 0 aliphatic rings. The Morgan fingerprint density at radius 3 is 2.74 bits per heavy atom. The number of halogens is 1. The van der Waals surface area contributed by atoms with Crippen molar-refractivity contribution in [2.75, 3.05) is 39.9 Å². The van der Waals surface area contributed by atoms with E-state index < -0.39 is 5.95 Å². The third-order valence-electron chi connectivity index (χ3n) is 4.51. The van der Waals surface area contributed by atoms with Crippen molar-refractivity contribution in [2.24, 2.45) is 0 Å². The fourth-order valence-electron chi connectivity index (χ4n) is 2.97. The molecule has 1 N–H and O–H groups in total. The van der Waals surface area contributed by atoms with Crippen LogP contribution in [0.4, 0.5) is 4.39 Å². The van der Waals surface area contributed by atoms with Crippen LogP contribution in [0.5, 0.6) is 0 Å². The van der Waals surface area contributed by atoms with Gasteiger partial charge in [0, 0.05) is 37.9 Å². The molecule has 27 heavy (non-hydrogen) atoms. The summed E-state index contributed by atoms with van der Waals surface area (Å²) in [5.74, 6) is -0.406. The zero-order valence-electron chi connectivity index (χ0n) is 16.5. The lowest BCUT2D eigenvalue weighted by Crippen LogP contribution is -2.30. The second kappa shape index (κ2) is 11.6. The molecule has 0 unspecified atom stereocenters. The third-order valence-corrected chi connectivity index (χ3v) is 4.51. The van der Waals surface area contributed by atoms with Crippen LogP contribution in [-0.4, -0.2) is 49.8 Å². The van der Waals surface area contributed by atoms with Gasteiger partial charge in [0.05, 0.1) is 13.2 Å². The molecule has 5 heteroatoms. The van der Waals surface area contributed by atoms with Gasteiger partial charge in [-0.2, -0.15) is 4.39 Å². The first-order chi connectivity index (χ1) is 13.2. The van der Waals surface area contributed by atoms with E-state index in [-0.39, 0.29) is 0 Å². The average Bonchev–Trinajstić information content (AvgIpc) is 2.68. The maximum atomic E-state index is 14.1. The summed E-state index contributed by atoms with van der Waals surface area (Å²) in [7, 11) is 1.90. The molecule has 0 bridgehead atoms. The summed E-state index contributed by atoms with van der Waals surface area (Å²) in [6.07, 6.45) is 3.62. The number of allylic oxidation sites excluding steroid dienone is 1. The third kappa shape index (κ3) is 6.86. The molecule has 0 aliphatic carbocycles. The molecule has 0 spiro atoms. The Morgan fingerprint density at radius 2 is 2.04 bits per heavy atom. The summed E-state index contributed by atoms with van der Waals surface area (Å²) < 4.78 is 19.7. The smallest absolute Gasteiger partial charge is 0.217 e. The molecule has 146 valence electrons. The number of aryl methyl sites for hydroxylation is 1. The van der Waals surface area contributed by atoms with E-state index in [1.165, 1.54) is 22.9 Å². The highest BCUT2D eigenvalue weighted by molar-refractivity contribution is 5.69.